The third-order valence-corrected chi connectivity index (χ3v) is 8.14. The van der Waals surface area contributed by atoms with E-state index in [4.69, 9.17) is 25.8 Å². The molecule has 0 unspecified atom stereocenters. The lowest BCUT2D eigenvalue weighted by Crippen LogP contribution is -2.61. The van der Waals surface area contributed by atoms with Crippen molar-refractivity contribution in [3.63, 3.8) is 0 Å². The Labute approximate surface area is 230 Å². The minimum Gasteiger partial charge on any atom is -0.481 e. The fourth-order valence-corrected chi connectivity index (χ4v) is 5.72. The Morgan fingerprint density at radius 2 is 2.05 bits per heavy atom. The smallest absolute Gasteiger partial charge is 0.263 e. The van der Waals surface area contributed by atoms with Crippen LogP contribution in [0.3, 0.4) is 0 Å². The molecular weight excluding hydrogens is 536 g/mol. The van der Waals surface area contributed by atoms with Crippen LogP contribution in [0.15, 0.2) is 24.4 Å². The van der Waals surface area contributed by atoms with Gasteiger partial charge in [0.25, 0.3) is 5.91 Å². The van der Waals surface area contributed by atoms with Crippen molar-refractivity contribution in [1.29, 1.82) is 0 Å². The Balaban J connectivity index is 0.00000294. The van der Waals surface area contributed by atoms with Gasteiger partial charge in [-0.2, -0.15) is 0 Å². The molecule has 3 fully saturated rings. The van der Waals surface area contributed by atoms with Crippen molar-refractivity contribution in [1.82, 2.24) is 20.3 Å². The summed E-state index contributed by atoms with van der Waals surface area (Å²) in [5.74, 6) is 0.703. The summed E-state index contributed by atoms with van der Waals surface area (Å²) in [6.45, 7) is 0.959. The van der Waals surface area contributed by atoms with E-state index in [2.05, 4.69) is 25.6 Å². The van der Waals surface area contributed by atoms with Crippen LogP contribution >= 0.6 is 24.0 Å². The van der Waals surface area contributed by atoms with E-state index in [0.29, 0.717) is 70.8 Å². The molecule has 6 heterocycles. The number of hydrogen-bond donors (Lipinski definition) is 2. The number of nitrogens with one attached hydrogen (secondary N) is 2. The SMILES string of the molecule is COc1ccc2ncc(F)c(CCC34CCC(NCc5nc6c(cc5Cl)OCC(=O)N6)(CC3)CO4)c2n1.Cl. The molecule has 2 saturated heterocycles. The van der Waals surface area contributed by atoms with Crippen molar-refractivity contribution in [3.8, 4) is 11.6 Å². The standard InChI is InChI=1S/C26H27ClFN5O4.ClH/c1-35-22-3-2-18-23(33-22)15(17(28)11-29-18)4-5-26-8-6-25(7-9-26,14-37-26)30-12-19-16(27)10-20-24(31-19)32-21(34)13-36-20;/h2-3,10-11,30H,4-9,12-14H2,1H3,(H,31,32,34);1H. The molecule has 2 N–H and O–H groups in total. The van der Waals surface area contributed by atoms with Gasteiger partial charge in [-0.3, -0.25) is 9.78 Å². The molecule has 12 heteroatoms. The van der Waals surface area contributed by atoms with Gasteiger partial charge in [0.1, 0.15) is 5.82 Å². The molecule has 0 atom stereocenters. The quantitative estimate of drug-likeness (QED) is 0.436. The minimum absolute atomic E-state index is 0. The van der Waals surface area contributed by atoms with Crippen LogP contribution < -0.4 is 20.1 Å². The number of halogens is 3. The first-order valence-electron chi connectivity index (χ1n) is 12.4. The summed E-state index contributed by atoms with van der Waals surface area (Å²) in [4.78, 5) is 24.8. The number of carbonyl (C=O) groups is 1. The van der Waals surface area contributed by atoms with Gasteiger partial charge in [-0.25, -0.2) is 14.4 Å². The van der Waals surface area contributed by atoms with Crippen molar-refractivity contribution in [3.05, 3.63) is 46.5 Å². The molecule has 38 heavy (non-hydrogen) atoms. The van der Waals surface area contributed by atoms with Crippen LogP contribution in [-0.4, -0.2) is 52.3 Å². The number of fused-ring (bicyclic) bond motifs is 5. The average molecular weight is 564 g/mol. The van der Waals surface area contributed by atoms with E-state index in [1.165, 1.54) is 6.20 Å². The predicted molar refractivity (Wildman–Crippen MR) is 142 cm³/mol. The largest absolute Gasteiger partial charge is 0.481 e. The fraction of sp³-hybridized carbons (Fsp3) is 0.462. The number of nitrogens with zero attached hydrogens (tertiary/aromatic N) is 3. The molecule has 4 aliphatic rings. The maximum Gasteiger partial charge on any atom is 0.263 e. The zero-order valence-corrected chi connectivity index (χ0v) is 22.4. The highest BCUT2D eigenvalue weighted by molar-refractivity contribution is 6.31. The summed E-state index contributed by atoms with van der Waals surface area (Å²) in [6.07, 6.45) is 6.08. The Hall–Kier alpha value is -2.79. The van der Waals surface area contributed by atoms with Gasteiger partial charge in [-0.1, -0.05) is 11.6 Å². The topological polar surface area (TPSA) is 107 Å². The second kappa shape index (κ2) is 10.4. The van der Waals surface area contributed by atoms with Crippen molar-refractivity contribution < 1.29 is 23.4 Å². The summed E-state index contributed by atoms with van der Waals surface area (Å²) in [6, 6.07) is 5.21. The van der Waals surface area contributed by atoms with Gasteiger partial charge >= 0.3 is 0 Å². The van der Waals surface area contributed by atoms with Crippen LogP contribution in [0, 0.1) is 5.82 Å². The van der Waals surface area contributed by atoms with Crippen LogP contribution in [0.25, 0.3) is 11.0 Å². The van der Waals surface area contributed by atoms with E-state index in [1.807, 2.05) is 0 Å². The highest BCUT2D eigenvalue weighted by Crippen LogP contribution is 2.46. The number of aryl methyl sites for hydroxylation is 1. The molecule has 0 spiro atoms. The molecule has 0 aromatic carbocycles. The van der Waals surface area contributed by atoms with Crippen LogP contribution in [0.5, 0.6) is 11.6 Å². The molecule has 2 bridgehead atoms. The first kappa shape index (κ1) is 26.8. The Kier molecular flexibility index (Phi) is 7.34. The number of hydrogen-bond acceptors (Lipinski definition) is 8. The monoisotopic (exact) mass is 563 g/mol. The molecule has 0 radical (unpaired) electrons. The summed E-state index contributed by atoms with van der Waals surface area (Å²) >= 11 is 6.43. The lowest BCUT2D eigenvalue weighted by atomic mass is 9.69. The maximum atomic E-state index is 14.8. The van der Waals surface area contributed by atoms with Crippen molar-refractivity contribution in [2.75, 3.05) is 25.6 Å². The van der Waals surface area contributed by atoms with Gasteiger partial charge in [0.15, 0.2) is 18.2 Å². The number of rotatable bonds is 7. The van der Waals surface area contributed by atoms with Gasteiger partial charge in [0.2, 0.25) is 5.88 Å². The second-order valence-electron chi connectivity index (χ2n) is 10.0. The molecule has 202 valence electrons. The van der Waals surface area contributed by atoms with Gasteiger partial charge in [-0.05, 0) is 44.6 Å². The third kappa shape index (κ3) is 4.98. The van der Waals surface area contributed by atoms with Crippen LogP contribution in [-0.2, 0) is 22.5 Å². The first-order chi connectivity index (χ1) is 17.9. The van der Waals surface area contributed by atoms with Gasteiger partial charge < -0.3 is 24.8 Å². The Morgan fingerprint density at radius 3 is 2.79 bits per heavy atom. The molecule has 1 aliphatic carbocycles. The molecule has 7 rings (SSSR count). The number of ether oxygens (including phenoxy) is 3. The van der Waals surface area contributed by atoms with Crippen LogP contribution in [0.4, 0.5) is 10.2 Å². The molecular formula is C26H28Cl2FN5O4. The van der Waals surface area contributed by atoms with Crippen molar-refractivity contribution >= 4 is 46.8 Å². The average Bonchev–Trinajstić information content (AvgIpc) is 2.92. The van der Waals surface area contributed by atoms with Crippen LogP contribution in [0.2, 0.25) is 5.02 Å². The Bertz CT molecular complexity index is 1370. The van der Waals surface area contributed by atoms with E-state index in [9.17, 15) is 9.18 Å². The summed E-state index contributed by atoms with van der Waals surface area (Å²) in [5.41, 5.74) is 1.92. The second-order valence-corrected chi connectivity index (χ2v) is 10.4. The number of methoxy groups -OCH3 is 1. The predicted octanol–water partition coefficient (Wildman–Crippen LogP) is 4.38. The van der Waals surface area contributed by atoms with E-state index in [1.54, 1.807) is 25.3 Å². The molecule has 3 aliphatic heterocycles. The molecule has 1 saturated carbocycles. The lowest BCUT2D eigenvalue weighted by Gasteiger charge is -2.53. The summed E-state index contributed by atoms with van der Waals surface area (Å²) < 4.78 is 31.8. The van der Waals surface area contributed by atoms with Crippen molar-refractivity contribution in [2.45, 2.75) is 56.2 Å². The molecule has 9 nitrogen and oxygen atoms in total. The van der Waals surface area contributed by atoms with Crippen molar-refractivity contribution in [2.24, 2.45) is 0 Å². The molecule has 3 aromatic heterocycles. The van der Waals surface area contributed by atoms with Gasteiger partial charge in [-0.15, -0.1) is 12.4 Å². The molecule has 3 aromatic rings. The van der Waals surface area contributed by atoms with E-state index >= 15 is 0 Å². The summed E-state index contributed by atoms with van der Waals surface area (Å²) in [7, 11) is 1.54. The number of anilines is 1. The van der Waals surface area contributed by atoms with Gasteiger partial charge in [0.05, 0.1) is 47.3 Å². The van der Waals surface area contributed by atoms with Crippen LogP contribution in [0.1, 0.15) is 43.4 Å². The lowest BCUT2D eigenvalue weighted by molar-refractivity contribution is -0.165. The van der Waals surface area contributed by atoms with E-state index < -0.39 is 0 Å². The third-order valence-electron chi connectivity index (χ3n) is 7.81. The van der Waals surface area contributed by atoms with E-state index in [0.717, 1.165) is 25.7 Å². The fourth-order valence-electron chi connectivity index (χ4n) is 5.51. The molecule has 1 amide bonds. The zero-order chi connectivity index (χ0) is 25.6. The Morgan fingerprint density at radius 1 is 1.24 bits per heavy atom. The maximum absolute atomic E-state index is 14.8. The number of aromatic nitrogens is 3. The number of carbonyl (C=O) groups excluding carboxylic acids is 1. The normalized spacial score (nSPS) is 23.8. The zero-order valence-electron chi connectivity index (χ0n) is 20.8. The highest BCUT2D eigenvalue weighted by Gasteiger charge is 2.49. The number of pyridine rings is 3. The van der Waals surface area contributed by atoms with Gasteiger partial charge in [0, 0.05) is 29.8 Å². The first-order valence-corrected chi connectivity index (χ1v) is 12.7. The minimum atomic E-state index is -0.358. The summed E-state index contributed by atoms with van der Waals surface area (Å²) in [5, 5.41) is 6.82. The van der Waals surface area contributed by atoms with E-state index in [-0.39, 0.29) is 41.9 Å². The highest BCUT2D eigenvalue weighted by atomic mass is 35.5. The number of amides is 1.